The highest BCUT2D eigenvalue weighted by Gasteiger charge is 2.35. The smallest absolute Gasteiger partial charge is 0.129 e. The van der Waals surface area contributed by atoms with Crippen molar-refractivity contribution in [2.75, 3.05) is 13.7 Å². The van der Waals surface area contributed by atoms with Gasteiger partial charge in [-0.15, -0.1) is 0 Å². The van der Waals surface area contributed by atoms with Gasteiger partial charge in [0.2, 0.25) is 0 Å². The third-order valence-electron chi connectivity index (χ3n) is 4.64. The summed E-state index contributed by atoms with van der Waals surface area (Å²) in [7, 11) is 1.77. The summed E-state index contributed by atoms with van der Waals surface area (Å²) in [5, 5.41) is 0. The maximum atomic E-state index is 6.03. The van der Waals surface area contributed by atoms with Crippen molar-refractivity contribution < 1.29 is 9.47 Å². The molecule has 0 radical (unpaired) electrons. The molecule has 2 heteroatoms. The van der Waals surface area contributed by atoms with Gasteiger partial charge >= 0.3 is 0 Å². The number of benzene rings is 1. The quantitative estimate of drug-likeness (QED) is 0.793. The van der Waals surface area contributed by atoms with Crippen molar-refractivity contribution in [2.24, 2.45) is 0 Å². The minimum Gasteiger partial charge on any atom is -0.493 e. The molecule has 0 saturated carbocycles. The molecule has 1 heterocycles. The topological polar surface area (TPSA) is 18.5 Å². The third-order valence-corrected chi connectivity index (χ3v) is 4.64. The molecule has 0 fully saturated rings. The minimum absolute atomic E-state index is 0.164. The lowest BCUT2D eigenvalue weighted by atomic mass is 9.76. The lowest BCUT2D eigenvalue weighted by Crippen LogP contribution is -2.30. The molecule has 0 N–H and O–H groups in total. The fraction of sp³-hybridized carbons (Fsp3) is 0.667. The lowest BCUT2D eigenvalue weighted by molar-refractivity contribution is 0.0158. The highest BCUT2D eigenvalue weighted by atomic mass is 16.5. The molecule has 0 unspecified atom stereocenters. The molecule has 1 aromatic carbocycles. The monoisotopic (exact) mass is 276 g/mol. The molecule has 1 aliphatic heterocycles. The Balaban J connectivity index is 2.71. The highest BCUT2D eigenvalue weighted by molar-refractivity contribution is 5.52. The normalized spacial score (nSPS) is 17.8. The summed E-state index contributed by atoms with van der Waals surface area (Å²) in [4.78, 5) is 0. The Labute approximate surface area is 123 Å². The molecule has 0 atom stereocenters. The summed E-state index contributed by atoms with van der Waals surface area (Å²) >= 11 is 0. The number of hydrogen-bond donors (Lipinski definition) is 0. The van der Waals surface area contributed by atoms with Gasteiger partial charge < -0.3 is 9.47 Å². The van der Waals surface area contributed by atoms with E-state index in [4.69, 9.17) is 9.47 Å². The van der Waals surface area contributed by atoms with Gasteiger partial charge in [-0.25, -0.2) is 0 Å². The summed E-state index contributed by atoms with van der Waals surface area (Å²) in [6.07, 6.45) is 1.06. The number of methoxy groups -OCH3 is 1. The Bertz CT molecular complexity index is 498. The van der Waals surface area contributed by atoms with E-state index in [0.29, 0.717) is 5.92 Å². The second-order valence-corrected chi connectivity index (χ2v) is 7.30. The maximum Gasteiger partial charge on any atom is 0.129 e. The van der Waals surface area contributed by atoms with Gasteiger partial charge in [-0.1, -0.05) is 33.8 Å². The Kier molecular flexibility index (Phi) is 3.90. The Hall–Kier alpha value is -1.02. The summed E-state index contributed by atoms with van der Waals surface area (Å²) in [5.74, 6) is 1.54. The first kappa shape index (κ1) is 15.4. The Morgan fingerprint density at radius 1 is 1.25 bits per heavy atom. The van der Waals surface area contributed by atoms with Crippen molar-refractivity contribution in [3.05, 3.63) is 28.8 Å². The van der Waals surface area contributed by atoms with Crippen molar-refractivity contribution in [3.63, 3.8) is 0 Å². The standard InChI is InChI=1S/C18H28O2/c1-12(2)13-10-14-16(20-9-8-17(14,3)4)15(11-13)18(5,6)19-7/h10-12H,8-9H2,1-7H3. The van der Waals surface area contributed by atoms with Gasteiger partial charge in [-0.2, -0.15) is 0 Å². The molecule has 0 amide bonds. The molecule has 0 bridgehead atoms. The zero-order chi connectivity index (χ0) is 15.1. The van der Waals surface area contributed by atoms with Crippen molar-refractivity contribution >= 4 is 0 Å². The number of rotatable bonds is 3. The average molecular weight is 276 g/mol. The summed E-state index contributed by atoms with van der Waals surface area (Å²) in [5.41, 5.74) is 3.70. The van der Waals surface area contributed by atoms with Crippen LogP contribution in [0.3, 0.4) is 0 Å². The molecule has 0 spiro atoms. The predicted molar refractivity (Wildman–Crippen MR) is 83.7 cm³/mol. The van der Waals surface area contributed by atoms with Crippen molar-refractivity contribution in [3.8, 4) is 5.75 Å². The Morgan fingerprint density at radius 2 is 1.90 bits per heavy atom. The third kappa shape index (κ3) is 2.58. The van der Waals surface area contributed by atoms with E-state index in [1.54, 1.807) is 7.11 Å². The van der Waals surface area contributed by atoms with E-state index in [-0.39, 0.29) is 11.0 Å². The second kappa shape index (κ2) is 5.07. The predicted octanol–water partition coefficient (Wildman–Crippen LogP) is 4.75. The lowest BCUT2D eigenvalue weighted by Gasteiger charge is -2.37. The minimum atomic E-state index is -0.331. The zero-order valence-electron chi connectivity index (χ0n) is 14.0. The number of fused-ring (bicyclic) bond motifs is 1. The van der Waals surface area contributed by atoms with Crippen LogP contribution in [0.1, 0.15) is 70.6 Å². The van der Waals surface area contributed by atoms with Gasteiger partial charge in [-0.05, 0) is 43.2 Å². The molecule has 0 aromatic heterocycles. The van der Waals surface area contributed by atoms with Gasteiger partial charge in [-0.3, -0.25) is 0 Å². The average Bonchev–Trinajstić information content (AvgIpc) is 2.37. The molecular formula is C18H28O2. The number of ether oxygens (including phenoxy) is 2. The van der Waals surface area contributed by atoms with Crippen LogP contribution in [-0.2, 0) is 15.8 Å². The number of hydrogen-bond acceptors (Lipinski definition) is 2. The largest absolute Gasteiger partial charge is 0.493 e. The molecule has 1 aliphatic rings. The molecule has 112 valence electrons. The van der Waals surface area contributed by atoms with E-state index in [9.17, 15) is 0 Å². The van der Waals surface area contributed by atoms with Crippen LogP contribution in [0.2, 0.25) is 0 Å². The fourth-order valence-corrected chi connectivity index (χ4v) is 2.74. The van der Waals surface area contributed by atoms with Crippen LogP contribution in [0.15, 0.2) is 12.1 Å². The first-order chi connectivity index (χ1) is 9.19. The van der Waals surface area contributed by atoms with Gasteiger partial charge in [0, 0.05) is 18.2 Å². The molecule has 20 heavy (non-hydrogen) atoms. The summed E-state index contributed by atoms with van der Waals surface area (Å²) < 4.78 is 11.7. The first-order valence-electron chi connectivity index (χ1n) is 7.56. The van der Waals surface area contributed by atoms with E-state index in [2.05, 4.69) is 53.7 Å². The molecule has 0 saturated heterocycles. The molecule has 1 aromatic rings. The molecular weight excluding hydrogens is 248 g/mol. The van der Waals surface area contributed by atoms with E-state index in [1.807, 2.05) is 0 Å². The highest BCUT2D eigenvalue weighted by Crippen LogP contribution is 2.45. The van der Waals surface area contributed by atoms with Crippen molar-refractivity contribution in [2.45, 2.75) is 64.9 Å². The van der Waals surface area contributed by atoms with Crippen LogP contribution < -0.4 is 4.74 Å². The fourth-order valence-electron chi connectivity index (χ4n) is 2.74. The van der Waals surface area contributed by atoms with Crippen LogP contribution >= 0.6 is 0 Å². The van der Waals surface area contributed by atoms with Gasteiger partial charge in [0.05, 0.1) is 12.2 Å². The SMILES string of the molecule is COC(C)(C)c1cc(C(C)C)cc2c1OCCC2(C)C. The van der Waals surface area contributed by atoms with Crippen molar-refractivity contribution in [1.29, 1.82) is 0 Å². The van der Waals surface area contributed by atoms with E-state index in [0.717, 1.165) is 18.8 Å². The summed E-state index contributed by atoms with van der Waals surface area (Å²) in [6.45, 7) is 14.1. The van der Waals surface area contributed by atoms with Crippen LogP contribution in [0.25, 0.3) is 0 Å². The zero-order valence-corrected chi connectivity index (χ0v) is 14.0. The van der Waals surface area contributed by atoms with Crippen LogP contribution in [0.5, 0.6) is 5.75 Å². The molecule has 2 nitrogen and oxygen atoms in total. The summed E-state index contributed by atoms with van der Waals surface area (Å²) in [6, 6.07) is 4.59. The molecule has 2 rings (SSSR count). The van der Waals surface area contributed by atoms with E-state index < -0.39 is 0 Å². The van der Waals surface area contributed by atoms with E-state index >= 15 is 0 Å². The molecule has 0 aliphatic carbocycles. The van der Waals surface area contributed by atoms with Gasteiger partial charge in [0.1, 0.15) is 5.75 Å². The van der Waals surface area contributed by atoms with Gasteiger partial charge in [0.25, 0.3) is 0 Å². The van der Waals surface area contributed by atoms with Crippen LogP contribution in [-0.4, -0.2) is 13.7 Å². The van der Waals surface area contributed by atoms with Crippen LogP contribution in [0.4, 0.5) is 0 Å². The first-order valence-corrected chi connectivity index (χ1v) is 7.56. The maximum absolute atomic E-state index is 6.03. The van der Waals surface area contributed by atoms with Crippen LogP contribution in [0, 0.1) is 0 Å². The second-order valence-electron chi connectivity index (χ2n) is 7.30. The van der Waals surface area contributed by atoms with Crippen molar-refractivity contribution in [1.82, 2.24) is 0 Å². The Morgan fingerprint density at radius 3 is 2.45 bits per heavy atom. The van der Waals surface area contributed by atoms with E-state index in [1.165, 1.54) is 16.7 Å². The van der Waals surface area contributed by atoms with Gasteiger partial charge in [0.15, 0.2) is 0 Å².